The van der Waals surface area contributed by atoms with E-state index < -0.39 is 32.6 Å². The molecule has 4 rings (SSSR count). The first-order chi connectivity index (χ1) is 26.9. The van der Waals surface area contributed by atoms with E-state index in [1.807, 2.05) is 19.9 Å². The van der Waals surface area contributed by atoms with Gasteiger partial charge in [-0.15, -0.1) is 0 Å². The number of ketones is 1. The number of fused-ring (bicyclic) bond motifs is 1. The second-order valence-electron chi connectivity index (χ2n) is 16.4. The molecule has 0 spiro atoms. The summed E-state index contributed by atoms with van der Waals surface area (Å²) in [4.78, 5) is 66.2. The Morgan fingerprint density at radius 2 is 1.58 bits per heavy atom. The minimum absolute atomic E-state index is 0.0319. The maximum atomic E-state index is 13.2. The molecule has 15 nitrogen and oxygen atoms in total. The van der Waals surface area contributed by atoms with Crippen LogP contribution in [0.5, 0.6) is 0 Å². The van der Waals surface area contributed by atoms with Gasteiger partial charge in [-0.2, -0.15) is 0 Å². The maximum Gasteiger partial charge on any atom is 0.343 e. The minimum atomic E-state index is -2.99. The molecule has 1 aromatic carbocycles. The monoisotopic (exact) mass is 809 g/mol. The van der Waals surface area contributed by atoms with Crippen molar-refractivity contribution in [2.75, 3.05) is 39.1 Å². The summed E-state index contributed by atoms with van der Waals surface area (Å²) in [6, 6.07) is 8.83. The van der Waals surface area contributed by atoms with Crippen molar-refractivity contribution in [2.45, 2.75) is 135 Å². The highest BCUT2D eigenvalue weighted by molar-refractivity contribution is 6.70. The third-order valence-corrected chi connectivity index (χ3v) is 15.4. The molecule has 2 N–H and O–H groups in total. The fourth-order valence-electron chi connectivity index (χ4n) is 7.09. The van der Waals surface area contributed by atoms with Crippen molar-refractivity contribution in [3.05, 3.63) is 48.5 Å². The number of unbranched alkanes of at least 4 members (excludes halogenated alkanes) is 2. The largest absolute Gasteiger partial charge is 0.391 e. The molecule has 0 bridgehead atoms. The van der Waals surface area contributed by atoms with Gasteiger partial charge in [0.05, 0.1) is 24.6 Å². The number of aromatic nitrogens is 4. The number of rotatable bonds is 22. The third-order valence-electron chi connectivity index (χ3n) is 10.6. The molecular formula is C41H63N7O8Si. The van der Waals surface area contributed by atoms with Gasteiger partial charge in [-0.3, -0.25) is 19.0 Å². The number of amides is 3. The smallest absolute Gasteiger partial charge is 0.343 e. The lowest BCUT2D eigenvalue weighted by molar-refractivity contribution is -0.134. The molecule has 3 heterocycles. The van der Waals surface area contributed by atoms with Crippen LogP contribution >= 0.6 is 0 Å². The van der Waals surface area contributed by atoms with E-state index in [0.717, 1.165) is 19.3 Å². The van der Waals surface area contributed by atoms with Gasteiger partial charge >= 0.3 is 8.56 Å². The zero-order chi connectivity index (χ0) is 41.9. The van der Waals surface area contributed by atoms with Gasteiger partial charge < -0.3 is 38.6 Å². The molecule has 1 aliphatic rings. The van der Waals surface area contributed by atoms with Crippen molar-refractivity contribution < 1.29 is 37.9 Å². The summed E-state index contributed by atoms with van der Waals surface area (Å²) >= 11 is 0. The number of carbonyl (C=O) groups excluding carboxylic acids is 4. The maximum absolute atomic E-state index is 13.2. The van der Waals surface area contributed by atoms with E-state index in [9.17, 15) is 24.3 Å². The lowest BCUT2D eigenvalue weighted by Crippen LogP contribution is -2.54. The average molecular weight is 810 g/mol. The number of Topliss-reactive ketones (excluding diaryl/α,β-unsaturated/α-hetero) is 1. The van der Waals surface area contributed by atoms with Crippen molar-refractivity contribution in [3.8, 4) is 0 Å². The Hall–Kier alpha value is -4.09. The second kappa shape index (κ2) is 20.5. The number of aliphatic hydroxyl groups excluding tert-OH is 1. The number of aliphatic hydroxyl groups is 1. The molecule has 0 saturated carbocycles. The lowest BCUT2D eigenvalue weighted by atomic mass is 10.0. The van der Waals surface area contributed by atoms with Gasteiger partial charge in [-0.25, -0.2) is 15.0 Å². The number of likely N-dealkylation sites (N-methyl/N-ethyl adjacent to an activating group) is 2. The first-order valence-corrected chi connectivity index (χ1v) is 22.1. The average Bonchev–Trinajstić information content (AvgIpc) is 3.77. The normalized spacial score (nSPS) is 17.4. The van der Waals surface area contributed by atoms with E-state index in [4.69, 9.17) is 13.6 Å². The molecule has 1 saturated heterocycles. The van der Waals surface area contributed by atoms with Gasteiger partial charge in [0.15, 0.2) is 17.0 Å². The summed E-state index contributed by atoms with van der Waals surface area (Å²) in [6.45, 7) is 14.9. The fraction of sp³-hybridized carbons (Fsp3) is 0.634. The van der Waals surface area contributed by atoms with Crippen LogP contribution in [0, 0.1) is 0 Å². The summed E-state index contributed by atoms with van der Waals surface area (Å²) in [5.41, 5.74) is 0.752. The van der Waals surface area contributed by atoms with Crippen molar-refractivity contribution >= 4 is 49.0 Å². The number of hydrogen-bond acceptors (Lipinski definition) is 11. The molecule has 314 valence electrons. The summed E-state index contributed by atoms with van der Waals surface area (Å²) < 4.78 is 21.9. The summed E-state index contributed by atoms with van der Waals surface area (Å²) in [6.07, 6.45) is 5.26. The molecule has 57 heavy (non-hydrogen) atoms. The van der Waals surface area contributed by atoms with Crippen LogP contribution in [0.3, 0.4) is 0 Å². The van der Waals surface area contributed by atoms with Crippen LogP contribution in [0.1, 0.15) is 116 Å². The molecule has 0 aliphatic carbocycles. The SMILES string of the molecule is CC(=O)CCCCCC(=O)N(C)CCN(C)C(=O)CCC(C)(C)O[Si](OC[C@H]1O[C@@H](n2cnc3c(NC(=O)c4ccccc4)ncnc32)C[C@@H]1O)(C(C)C)C(C)C. The summed E-state index contributed by atoms with van der Waals surface area (Å²) in [7, 11) is 0.521. The highest BCUT2D eigenvalue weighted by atomic mass is 28.4. The van der Waals surface area contributed by atoms with Crippen LogP contribution in [0.4, 0.5) is 5.82 Å². The van der Waals surface area contributed by atoms with E-state index >= 15 is 0 Å². The first kappa shape index (κ1) is 45.6. The molecule has 16 heteroatoms. The second-order valence-corrected chi connectivity index (χ2v) is 20.6. The van der Waals surface area contributed by atoms with Crippen LogP contribution in [-0.2, 0) is 28.0 Å². The van der Waals surface area contributed by atoms with Crippen molar-refractivity contribution in [2.24, 2.45) is 0 Å². The molecule has 3 amide bonds. The lowest BCUT2D eigenvalue weighted by Gasteiger charge is -2.44. The Morgan fingerprint density at radius 1 is 0.947 bits per heavy atom. The number of ether oxygens (including phenoxy) is 1. The van der Waals surface area contributed by atoms with Gasteiger partial charge in [0.2, 0.25) is 11.8 Å². The number of benzene rings is 1. The predicted octanol–water partition coefficient (Wildman–Crippen LogP) is 6.04. The number of nitrogens with one attached hydrogen (secondary N) is 1. The number of hydrogen-bond donors (Lipinski definition) is 2. The summed E-state index contributed by atoms with van der Waals surface area (Å²) in [5.74, 6) is 0.126. The number of anilines is 1. The Bertz CT molecular complexity index is 1800. The molecule has 2 aromatic heterocycles. The van der Waals surface area contributed by atoms with E-state index in [0.29, 0.717) is 49.1 Å². The highest BCUT2D eigenvalue weighted by Gasteiger charge is 2.50. The molecular weight excluding hydrogens is 747 g/mol. The van der Waals surface area contributed by atoms with E-state index in [2.05, 4.69) is 48.0 Å². The molecule has 3 aromatic rings. The topological polar surface area (TPSA) is 178 Å². The Balaban J connectivity index is 1.32. The Labute approximate surface area is 338 Å². The number of carbonyl (C=O) groups is 4. The van der Waals surface area contributed by atoms with Gasteiger partial charge in [-0.05, 0) is 63.2 Å². The third kappa shape index (κ3) is 12.4. The standard InChI is InChI=1S/C41H63N7O8Si/c1-28(2)57(29(3)4,56-41(6,7)21-20-35(52)47(9)23-22-46(8)34(51)19-15-10-12-16-30(5)49)54-25-33-32(50)24-36(55-33)48-27-44-37-38(42-26-43-39(37)48)45-40(53)31-17-13-11-14-18-31/h11,13-14,17-18,26-29,32-33,36,50H,10,12,15-16,19-25H2,1-9H3,(H,42,43,45,53)/t32-,33+,36+/m0/s1. The molecule has 0 unspecified atom stereocenters. The van der Waals surface area contributed by atoms with E-state index in [-0.39, 0.29) is 59.9 Å². The molecule has 1 aliphatic heterocycles. The minimum Gasteiger partial charge on any atom is -0.391 e. The van der Waals surface area contributed by atoms with Crippen LogP contribution in [0.25, 0.3) is 11.2 Å². The Morgan fingerprint density at radius 3 is 2.21 bits per heavy atom. The zero-order valence-electron chi connectivity index (χ0n) is 35.2. The van der Waals surface area contributed by atoms with Gasteiger partial charge in [0.25, 0.3) is 5.91 Å². The Kier molecular flexibility index (Phi) is 16.4. The van der Waals surface area contributed by atoms with Crippen LogP contribution in [0.15, 0.2) is 43.0 Å². The molecule has 0 radical (unpaired) electrons. The van der Waals surface area contributed by atoms with Crippen LogP contribution in [-0.4, -0.2) is 118 Å². The fourth-order valence-corrected chi connectivity index (χ4v) is 11.0. The number of imidazole rings is 1. The quantitative estimate of drug-likeness (QED) is 0.0894. The summed E-state index contributed by atoms with van der Waals surface area (Å²) in [5, 5.41) is 14.0. The van der Waals surface area contributed by atoms with E-state index in [1.165, 1.54) is 6.33 Å². The molecule has 3 atom stereocenters. The van der Waals surface area contributed by atoms with Crippen molar-refractivity contribution in [1.29, 1.82) is 0 Å². The van der Waals surface area contributed by atoms with Gasteiger partial charge in [-0.1, -0.05) is 52.3 Å². The van der Waals surface area contributed by atoms with Crippen molar-refractivity contribution in [1.82, 2.24) is 29.3 Å². The van der Waals surface area contributed by atoms with Crippen molar-refractivity contribution in [3.63, 3.8) is 0 Å². The highest BCUT2D eigenvalue weighted by Crippen LogP contribution is 2.40. The van der Waals surface area contributed by atoms with Crippen LogP contribution < -0.4 is 5.32 Å². The first-order valence-electron chi connectivity index (χ1n) is 20.1. The molecule has 1 fully saturated rings. The van der Waals surface area contributed by atoms with E-state index in [1.54, 1.807) is 66.0 Å². The zero-order valence-corrected chi connectivity index (χ0v) is 36.2. The van der Waals surface area contributed by atoms with Gasteiger partial charge in [0.1, 0.15) is 24.4 Å². The van der Waals surface area contributed by atoms with Crippen LogP contribution in [0.2, 0.25) is 11.1 Å². The van der Waals surface area contributed by atoms with Gasteiger partial charge in [0, 0.05) is 58.4 Å². The number of nitrogens with zero attached hydrogens (tertiary/aromatic N) is 6. The predicted molar refractivity (Wildman–Crippen MR) is 220 cm³/mol.